The Morgan fingerprint density at radius 1 is 1.50 bits per heavy atom. The summed E-state index contributed by atoms with van der Waals surface area (Å²) < 4.78 is 0. The molecule has 1 fully saturated rings. The van der Waals surface area contributed by atoms with E-state index in [-0.39, 0.29) is 11.3 Å². The number of benzene rings is 1. The highest BCUT2D eigenvalue weighted by Crippen LogP contribution is 2.29. The van der Waals surface area contributed by atoms with Crippen LogP contribution in [0.3, 0.4) is 0 Å². The first-order valence-corrected chi connectivity index (χ1v) is 6.68. The average Bonchev–Trinajstić information content (AvgIpc) is 2.85. The van der Waals surface area contributed by atoms with Gasteiger partial charge in [-0.25, -0.2) is 0 Å². The third-order valence-corrected chi connectivity index (χ3v) is 3.62. The fraction of sp³-hybridized carbons (Fsp3) is 0.500. The van der Waals surface area contributed by atoms with Crippen LogP contribution in [0, 0.1) is 10.1 Å². The molecular weight excluding hydrogens is 258 g/mol. The van der Waals surface area contributed by atoms with Gasteiger partial charge in [-0.1, -0.05) is 0 Å². The first-order valence-electron chi connectivity index (χ1n) is 6.68. The summed E-state index contributed by atoms with van der Waals surface area (Å²) in [4.78, 5) is 25.7. The van der Waals surface area contributed by atoms with Crippen LogP contribution in [-0.4, -0.2) is 49.3 Å². The summed E-state index contributed by atoms with van der Waals surface area (Å²) in [6.45, 7) is 1.86. The lowest BCUT2D eigenvalue weighted by Gasteiger charge is -2.29. The van der Waals surface area contributed by atoms with E-state index in [1.807, 2.05) is 14.1 Å². The van der Waals surface area contributed by atoms with Crippen LogP contribution < -0.4 is 4.90 Å². The van der Waals surface area contributed by atoms with Crippen LogP contribution in [0.25, 0.3) is 0 Å². The van der Waals surface area contributed by atoms with Crippen LogP contribution in [0.15, 0.2) is 18.2 Å². The maximum Gasteiger partial charge on any atom is 0.280 e. The van der Waals surface area contributed by atoms with Crippen LogP contribution in [-0.2, 0) is 0 Å². The van der Waals surface area contributed by atoms with Crippen LogP contribution in [0.2, 0.25) is 0 Å². The highest BCUT2D eigenvalue weighted by atomic mass is 16.6. The lowest BCUT2D eigenvalue weighted by molar-refractivity contribution is -0.385. The Kier molecular flexibility index (Phi) is 4.34. The van der Waals surface area contributed by atoms with Crippen molar-refractivity contribution in [3.05, 3.63) is 33.9 Å². The summed E-state index contributed by atoms with van der Waals surface area (Å²) >= 11 is 0. The molecule has 1 aromatic carbocycles. The van der Waals surface area contributed by atoms with E-state index in [1.165, 1.54) is 6.07 Å². The molecule has 0 amide bonds. The molecule has 6 heteroatoms. The Balaban J connectivity index is 2.28. The summed E-state index contributed by atoms with van der Waals surface area (Å²) in [7, 11) is 4.06. The van der Waals surface area contributed by atoms with Gasteiger partial charge in [0.25, 0.3) is 5.69 Å². The van der Waals surface area contributed by atoms with Gasteiger partial charge >= 0.3 is 0 Å². The Labute approximate surface area is 118 Å². The Bertz CT molecular complexity index is 516. The number of nitrogens with zero attached hydrogens (tertiary/aromatic N) is 3. The van der Waals surface area contributed by atoms with Crippen molar-refractivity contribution < 1.29 is 9.72 Å². The molecule has 0 aliphatic carbocycles. The normalized spacial score (nSPS) is 18.6. The van der Waals surface area contributed by atoms with Crippen molar-refractivity contribution in [2.45, 2.75) is 18.9 Å². The van der Waals surface area contributed by atoms with Crippen LogP contribution in [0.1, 0.15) is 23.2 Å². The molecule has 0 saturated carbocycles. The minimum absolute atomic E-state index is 0.132. The second-order valence-corrected chi connectivity index (χ2v) is 5.37. The third-order valence-electron chi connectivity index (χ3n) is 3.62. The molecule has 1 saturated heterocycles. The van der Waals surface area contributed by atoms with Gasteiger partial charge in [-0.3, -0.25) is 14.9 Å². The Hall–Kier alpha value is -1.95. The van der Waals surface area contributed by atoms with E-state index >= 15 is 0 Å². The fourth-order valence-electron chi connectivity index (χ4n) is 2.77. The van der Waals surface area contributed by atoms with E-state index in [9.17, 15) is 14.9 Å². The zero-order valence-electron chi connectivity index (χ0n) is 11.8. The van der Waals surface area contributed by atoms with Gasteiger partial charge in [-0.15, -0.1) is 0 Å². The summed E-state index contributed by atoms with van der Waals surface area (Å²) in [5, 5.41) is 10.8. The van der Waals surface area contributed by atoms with Gasteiger partial charge in [-0.05, 0) is 39.1 Å². The molecule has 1 aliphatic heterocycles. The molecule has 0 N–H and O–H groups in total. The number of hydrogen-bond donors (Lipinski definition) is 0. The zero-order valence-corrected chi connectivity index (χ0v) is 11.8. The number of rotatable bonds is 5. The van der Waals surface area contributed by atoms with E-state index < -0.39 is 4.92 Å². The van der Waals surface area contributed by atoms with Crippen LogP contribution in [0.4, 0.5) is 11.4 Å². The van der Waals surface area contributed by atoms with Gasteiger partial charge in [-0.2, -0.15) is 0 Å². The van der Waals surface area contributed by atoms with Crippen molar-refractivity contribution in [3.8, 4) is 0 Å². The molecule has 6 nitrogen and oxygen atoms in total. The van der Waals surface area contributed by atoms with E-state index in [0.29, 0.717) is 12.3 Å². The predicted molar refractivity (Wildman–Crippen MR) is 77.4 cm³/mol. The topological polar surface area (TPSA) is 66.7 Å². The Morgan fingerprint density at radius 3 is 2.85 bits per heavy atom. The molecule has 1 aliphatic rings. The maximum atomic E-state index is 11.0. The number of hydrogen-bond acceptors (Lipinski definition) is 5. The van der Waals surface area contributed by atoms with Gasteiger partial charge in [0.2, 0.25) is 0 Å². The second-order valence-electron chi connectivity index (χ2n) is 5.37. The number of nitro benzene ring substituents is 1. The van der Waals surface area contributed by atoms with E-state index in [0.717, 1.165) is 31.6 Å². The minimum Gasteiger partial charge on any atom is -0.367 e. The molecule has 108 valence electrons. The highest BCUT2D eigenvalue weighted by molar-refractivity contribution is 5.83. The third kappa shape index (κ3) is 2.96. The van der Waals surface area contributed by atoms with Crippen molar-refractivity contribution in [2.75, 3.05) is 32.1 Å². The molecular formula is C14H19N3O3. The molecule has 1 heterocycles. The molecule has 1 atom stereocenters. The minimum atomic E-state index is -0.519. The molecule has 0 spiro atoms. The van der Waals surface area contributed by atoms with Crippen molar-refractivity contribution >= 4 is 17.7 Å². The molecule has 0 bridgehead atoms. The standard InChI is InChI=1S/C14H19N3O3/c1-15(2)9-13-4-3-7-16(13)12-5-6-14(17(19)20)11(8-12)10-18/h5-6,8,10,13H,3-4,7,9H2,1-2H3. The molecule has 1 unspecified atom stereocenters. The van der Waals surface area contributed by atoms with Gasteiger partial charge in [0.1, 0.15) is 0 Å². The number of carbonyl (C=O) groups excluding carboxylic acids is 1. The SMILES string of the molecule is CN(C)CC1CCCN1c1ccc([N+](=O)[O-])c(C=O)c1. The number of likely N-dealkylation sites (N-methyl/N-ethyl adjacent to an activating group) is 1. The molecule has 2 rings (SSSR count). The number of anilines is 1. The maximum absolute atomic E-state index is 11.0. The number of carbonyl (C=O) groups is 1. The number of nitro groups is 1. The fourth-order valence-corrected chi connectivity index (χ4v) is 2.77. The van der Waals surface area contributed by atoms with Crippen LogP contribution in [0.5, 0.6) is 0 Å². The zero-order chi connectivity index (χ0) is 14.7. The molecule has 0 aromatic heterocycles. The largest absolute Gasteiger partial charge is 0.367 e. The molecule has 0 radical (unpaired) electrons. The number of aldehydes is 1. The van der Waals surface area contributed by atoms with Crippen molar-refractivity contribution in [1.29, 1.82) is 0 Å². The van der Waals surface area contributed by atoms with Gasteiger partial charge in [0, 0.05) is 30.9 Å². The first kappa shape index (κ1) is 14.5. The van der Waals surface area contributed by atoms with E-state index in [4.69, 9.17) is 0 Å². The summed E-state index contributed by atoms with van der Waals surface area (Å²) in [5.41, 5.74) is 0.900. The predicted octanol–water partition coefficient (Wildman–Crippen LogP) is 1.94. The summed E-state index contributed by atoms with van der Waals surface area (Å²) in [5.74, 6) is 0. The molecule has 20 heavy (non-hydrogen) atoms. The van der Waals surface area contributed by atoms with Gasteiger partial charge in [0.15, 0.2) is 6.29 Å². The second kappa shape index (κ2) is 6.00. The van der Waals surface area contributed by atoms with Crippen molar-refractivity contribution in [2.24, 2.45) is 0 Å². The van der Waals surface area contributed by atoms with Gasteiger partial charge < -0.3 is 9.80 Å². The summed E-state index contributed by atoms with van der Waals surface area (Å²) in [6, 6.07) is 5.17. The lowest BCUT2D eigenvalue weighted by atomic mass is 10.1. The van der Waals surface area contributed by atoms with Crippen molar-refractivity contribution in [1.82, 2.24) is 4.90 Å². The molecule has 1 aromatic rings. The van der Waals surface area contributed by atoms with E-state index in [2.05, 4.69) is 9.80 Å². The average molecular weight is 277 g/mol. The van der Waals surface area contributed by atoms with Crippen LogP contribution >= 0.6 is 0 Å². The van der Waals surface area contributed by atoms with E-state index in [1.54, 1.807) is 12.1 Å². The van der Waals surface area contributed by atoms with Crippen molar-refractivity contribution in [3.63, 3.8) is 0 Å². The van der Waals surface area contributed by atoms with Gasteiger partial charge in [0.05, 0.1) is 10.5 Å². The smallest absolute Gasteiger partial charge is 0.280 e. The quantitative estimate of drug-likeness (QED) is 0.467. The first-order chi connectivity index (χ1) is 9.52. The Morgan fingerprint density at radius 2 is 2.25 bits per heavy atom. The lowest BCUT2D eigenvalue weighted by Crippen LogP contribution is -2.37. The highest BCUT2D eigenvalue weighted by Gasteiger charge is 2.26. The summed E-state index contributed by atoms with van der Waals surface area (Å²) in [6.07, 6.45) is 2.76. The monoisotopic (exact) mass is 277 g/mol.